The van der Waals surface area contributed by atoms with Crippen molar-refractivity contribution in [2.75, 3.05) is 6.61 Å². The molecule has 3 atom stereocenters. The molecular formula is C56H107NO4. The second-order valence-corrected chi connectivity index (χ2v) is 18.8. The average Bonchev–Trinajstić information content (AvgIpc) is 3.26. The SMILES string of the molecule is CCCCCCCCCCCCCC/C=C\CCCCCCCCCCC(O)C(=O)NC(CO)C(O)/C=C/CC/C=C/CCCCCCCCCCCCCCCCCCC. The highest BCUT2D eigenvalue weighted by atomic mass is 16.3. The third kappa shape index (κ3) is 46.4. The fourth-order valence-corrected chi connectivity index (χ4v) is 8.43. The van der Waals surface area contributed by atoms with Gasteiger partial charge in [0.25, 0.3) is 0 Å². The van der Waals surface area contributed by atoms with Crippen molar-refractivity contribution in [3.63, 3.8) is 0 Å². The van der Waals surface area contributed by atoms with Crippen molar-refractivity contribution in [2.45, 2.75) is 308 Å². The van der Waals surface area contributed by atoms with Crippen LogP contribution in [0.1, 0.15) is 290 Å². The van der Waals surface area contributed by atoms with E-state index >= 15 is 0 Å². The Balaban J connectivity index is 3.63. The van der Waals surface area contributed by atoms with Crippen LogP contribution in [-0.4, -0.2) is 46.1 Å². The predicted octanol–water partition coefficient (Wildman–Crippen LogP) is 16.7. The van der Waals surface area contributed by atoms with Gasteiger partial charge in [-0.3, -0.25) is 4.79 Å². The van der Waals surface area contributed by atoms with Gasteiger partial charge in [-0.2, -0.15) is 0 Å². The highest BCUT2D eigenvalue weighted by Crippen LogP contribution is 2.17. The number of hydrogen-bond donors (Lipinski definition) is 4. The minimum atomic E-state index is -1.11. The molecule has 0 saturated heterocycles. The van der Waals surface area contributed by atoms with Crippen LogP contribution < -0.4 is 5.32 Å². The van der Waals surface area contributed by atoms with E-state index in [9.17, 15) is 20.1 Å². The standard InChI is InChI=1S/C56H107NO4/c1-3-5-7-9-11-13-15-17-19-21-23-25-27-29-31-33-35-37-39-41-43-45-47-49-51-55(60)56(61)57-53(52-58)54(59)50-48-46-44-42-40-38-36-34-32-30-28-26-24-22-20-18-16-14-12-10-8-6-4-2/h29,31,40,42,48,50,53-55,58-60H,3-28,30,32-39,41,43-47,49,51-52H2,1-2H3,(H,57,61)/b31-29-,42-40+,50-48+. The van der Waals surface area contributed by atoms with Crippen molar-refractivity contribution in [3.05, 3.63) is 36.5 Å². The van der Waals surface area contributed by atoms with Gasteiger partial charge in [-0.05, 0) is 57.8 Å². The highest BCUT2D eigenvalue weighted by Gasteiger charge is 2.22. The Labute approximate surface area is 381 Å². The minimum absolute atomic E-state index is 0.376. The van der Waals surface area contributed by atoms with E-state index in [4.69, 9.17) is 0 Å². The fourth-order valence-electron chi connectivity index (χ4n) is 8.43. The molecule has 360 valence electrons. The summed E-state index contributed by atoms with van der Waals surface area (Å²) < 4.78 is 0. The maximum absolute atomic E-state index is 12.5. The van der Waals surface area contributed by atoms with E-state index in [-0.39, 0.29) is 6.61 Å². The zero-order valence-electron chi connectivity index (χ0n) is 41.1. The molecule has 1 amide bonds. The van der Waals surface area contributed by atoms with Gasteiger partial charge in [0.1, 0.15) is 6.10 Å². The van der Waals surface area contributed by atoms with Gasteiger partial charge in [0.2, 0.25) is 5.91 Å². The van der Waals surface area contributed by atoms with E-state index in [2.05, 4.69) is 43.5 Å². The number of aliphatic hydroxyl groups excluding tert-OH is 3. The Morgan fingerprint density at radius 1 is 0.393 bits per heavy atom. The Kier molecular flexibility index (Phi) is 50.0. The van der Waals surface area contributed by atoms with Gasteiger partial charge in [0, 0.05) is 0 Å². The summed E-state index contributed by atoms with van der Waals surface area (Å²) in [4.78, 5) is 12.5. The highest BCUT2D eigenvalue weighted by molar-refractivity contribution is 5.80. The second kappa shape index (κ2) is 51.2. The van der Waals surface area contributed by atoms with Gasteiger partial charge < -0.3 is 20.6 Å². The first-order chi connectivity index (χ1) is 30.1. The van der Waals surface area contributed by atoms with Crippen LogP contribution in [-0.2, 0) is 4.79 Å². The van der Waals surface area contributed by atoms with E-state index in [1.54, 1.807) is 6.08 Å². The first kappa shape index (κ1) is 59.6. The molecule has 0 aliphatic heterocycles. The maximum atomic E-state index is 12.5. The van der Waals surface area contributed by atoms with Crippen LogP contribution in [0.5, 0.6) is 0 Å². The zero-order valence-corrected chi connectivity index (χ0v) is 41.1. The number of rotatable bonds is 50. The Bertz CT molecular complexity index is 947. The zero-order chi connectivity index (χ0) is 44.4. The van der Waals surface area contributed by atoms with Crippen LogP contribution in [0.4, 0.5) is 0 Å². The van der Waals surface area contributed by atoms with E-state index < -0.39 is 24.2 Å². The van der Waals surface area contributed by atoms with Gasteiger partial charge in [-0.1, -0.05) is 269 Å². The van der Waals surface area contributed by atoms with E-state index in [0.717, 1.165) is 38.5 Å². The lowest BCUT2D eigenvalue weighted by atomic mass is 10.0. The van der Waals surface area contributed by atoms with Crippen LogP contribution >= 0.6 is 0 Å². The van der Waals surface area contributed by atoms with Crippen molar-refractivity contribution in [3.8, 4) is 0 Å². The minimum Gasteiger partial charge on any atom is -0.394 e. The van der Waals surface area contributed by atoms with E-state index in [1.807, 2.05) is 6.08 Å². The molecule has 0 heterocycles. The molecule has 0 rings (SSSR count). The Morgan fingerprint density at radius 2 is 0.672 bits per heavy atom. The molecule has 0 aromatic rings. The topological polar surface area (TPSA) is 89.8 Å². The number of allylic oxidation sites excluding steroid dienone is 5. The number of nitrogens with one attached hydrogen (secondary N) is 1. The molecule has 3 unspecified atom stereocenters. The van der Waals surface area contributed by atoms with Crippen LogP contribution in [0.2, 0.25) is 0 Å². The van der Waals surface area contributed by atoms with Crippen LogP contribution in [0, 0.1) is 0 Å². The molecule has 0 spiro atoms. The molecule has 0 bridgehead atoms. The largest absolute Gasteiger partial charge is 0.394 e. The fraction of sp³-hybridized carbons (Fsp3) is 0.875. The summed E-state index contributed by atoms with van der Waals surface area (Å²) in [6.45, 7) is 4.20. The summed E-state index contributed by atoms with van der Waals surface area (Å²) >= 11 is 0. The monoisotopic (exact) mass is 858 g/mol. The number of carbonyl (C=O) groups excluding carboxylic acids is 1. The molecular weight excluding hydrogens is 751 g/mol. The van der Waals surface area contributed by atoms with Gasteiger partial charge in [0.15, 0.2) is 0 Å². The lowest BCUT2D eigenvalue weighted by Crippen LogP contribution is -2.48. The van der Waals surface area contributed by atoms with Crippen molar-refractivity contribution >= 4 is 5.91 Å². The number of hydrogen-bond acceptors (Lipinski definition) is 4. The smallest absolute Gasteiger partial charge is 0.249 e. The number of unbranched alkanes of at least 4 members (excludes halogenated alkanes) is 38. The first-order valence-electron chi connectivity index (χ1n) is 27.3. The lowest BCUT2D eigenvalue weighted by Gasteiger charge is -2.21. The van der Waals surface area contributed by atoms with E-state index in [1.165, 1.54) is 231 Å². The van der Waals surface area contributed by atoms with Gasteiger partial charge >= 0.3 is 0 Å². The summed E-state index contributed by atoms with van der Waals surface area (Å²) in [6, 6.07) is -0.816. The average molecular weight is 858 g/mol. The van der Waals surface area contributed by atoms with E-state index in [0.29, 0.717) is 6.42 Å². The van der Waals surface area contributed by atoms with Crippen molar-refractivity contribution in [2.24, 2.45) is 0 Å². The second-order valence-electron chi connectivity index (χ2n) is 18.8. The summed E-state index contributed by atoms with van der Waals surface area (Å²) in [5.41, 5.74) is 0. The van der Waals surface area contributed by atoms with Crippen molar-refractivity contribution < 1.29 is 20.1 Å². The molecule has 5 nitrogen and oxygen atoms in total. The van der Waals surface area contributed by atoms with Gasteiger partial charge in [-0.25, -0.2) is 0 Å². The molecule has 0 radical (unpaired) electrons. The molecule has 5 heteroatoms. The Morgan fingerprint density at radius 3 is 1.00 bits per heavy atom. The summed E-state index contributed by atoms with van der Waals surface area (Å²) in [7, 11) is 0. The molecule has 0 aromatic heterocycles. The quantitative estimate of drug-likeness (QED) is 0.0362. The van der Waals surface area contributed by atoms with Gasteiger partial charge in [0.05, 0.1) is 18.8 Å². The third-order valence-electron chi connectivity index (χ3n) is 12.7. The molecule has 0 saturated carbocycles. The number of amides is 1. The normalized spacial score (nSPS) is 13.6. The molecule has 4 N–H and O–H groups in total. The number of carbonyl (C=O) groups is 1. The summed E-state index contributed by atoms with van der Waals surface area (Å²) in [5, 5.41) is 33.3. The van der Waals surface area contributed by atoms with Crippen LogP contribution in [0.15, 0.2) is 36.5 Å². The Hall–Kier alpha value is -1.43. The maximum Gasteiger partial charge on any atom is 0.249 e. The van der Waals surface area contributed by atoms with Crippen molar-refractivity contribution in [1.82, 2.24) is 5.32 Å². The van der Waals surface area contributed by atoms with Crippen LogP contribution in [0.25, 0.3) is 0 Å². The molecule has 61 heavy (non-hydrogen) atoms. The lowest BCUT2D eigenvalue weighted by molar-refractivity contribution is -0.131. The molecule has 0 aromatic carbocycles. The predicted molar refractivity (Wildman–Crippen MR) is 268 cm³/mol. The van der Waals surface area contributed by atoms with Crippen molar-refractivity contribution in [1.29, 1.82) is 0 Å². The first-order valence-corrected chi connectivity index (χ1v) is 27.3. The van der Waals surface area contributed by atoms with Crippen LogP contribution in [0.3, 0.4) is 0 Å². The van der Waals surface area contributed by atoms with Gasteiger partial charge in [-0.15, -0.1) is 0 Å². The third-order valence-corrected chi connectivity index (χ3v) is 12.7. The summed E-state index contributed by atoms with van der Waals surface area (Å²) in [5.74, 6) is -0.512. The molecule has 0 aliphatic carbocycles. The molecule has 0 fully saturated rings. The number of aliphatic hydroxyl groups is 3. The molecule has 0 aliphatic rings. The summed E-state index contributed by atoms with van der Waals surface area (Å²) in [6.07, 6.45) is 66.4.